The Balaban J connectivity index is 2.05. The van der Waals surface area contributed by atoms with E-state index in [9.17, 15) is 0 Å². The Morgan fingerprint density at radius 1 is 1.36 bits per heavy atom. The van der Waals surface area contributed by atoms with E-state index in [0.717, 1.165) is 42.8 Å². The van der Waals surface area contributed by atoms with Crippen LogP contribution in [0.3, 0.4) is 0 Å². The molecule has 1 aliphatic carbocycles. The molecule has 0 bridgehead atoms. The molecule has 1 fully saturated rings. The first-order valence-electron chi connectivity index (χ1n) is 8.29. The van der Waals surface area contributed by atoms with Crippen LogP contribution >= 0.6 is 0 Å². The lowest BCUT2D eigenvalue weighted by atomic mass is 10.1. The van der Waals surface area contributed by atoms with Crippen molar-refractivity contribution in [3.63, 3.8) is 0 Å². The van der Waals surface area contributed by atoms with E-state index in [1.54, 1.807) is 13.3 Å². The van der Waals surface area contributed by atoms with Crippen molar-refractivity contribution in [2.75, 3.05) is 19.0 Å². The molecule has 4 nitrogen and oxygen atoms in total. The van der Waals surface area contributed by atoms with E-state index in [0.29, 0.717) is 11.8 Å². The van der Waals surface area contributed by atoms with E-state index in [1.807, 2.05) is 18.2 Å². The van der Waals surface area contributed by atoms with Gasteiger partial charge in [0.1, 0.15) is 5.75 Å². The van der Waals surface area contributed by atoms with Gasteiger partial charge in [-0.25, -0.2) is 0 Å². The number of hydrogen-bond donors (Lipinski definition) is 2. The van der Waals surface area contributed by atoms with Gasteiger partial charge in [0.2, 0.25) is 0 Å². The molecule has 0 heterocycles. The highest BCUT2D eigenvalue weighted by atomic mass is 16.5. The predicted molar refractivity (Wildman–Crippen MR) is 94.0 cm³/mol. The van der Waals surface area contributed by atoms with E-state index in [1.165, 1.54) is 19.3 Å². The molecule has 0 aromatic heterocycles. The molecule has 0 amide bonds. The highest BCUT2D eigenvalue weighted by Gasteiger charge is 2.19. The average Bonchev–Trinajstić information content (AvgIpc) is 3.36. The third-order valence-corrected chi connectivity index (χ3v) is 3.83. The Bertz CT molecular complexity index is 521. The van der Waals surface area contributed by atoms with Crippen molar-refractivity contribution in [1.29, 1.82) is 5.41 Å². The number of para-hydroxylation sites is 1. The SMILES string of the molecule is CCCCCCNc1c(OC)cccc1C(=N)C=NC1CC1. The molecule has 0 unspecified atom stereocenters. The topological polar surface area (TPSA) is 57.5 Å². The number of rotatable bonds is 10. The molecule has 2 N–H and O–H groups in total. The van der Waals surface area contributed by atoms with Crippen molar-refractivity contribution in [2.24, 2.45) is 4.99 Å². The molecule has 2 rings (SSSR count). The largest absolute Gasteiger partial charge is 0.495 e. The van der Waals surface area contributed by atoms with E-state index < -0.39 is 0 Å². The van der Waals surface area contributed by atoms with E-state index in [4.69, 9.17) is 10.1 Å². The highest BCUT2D eigenvalue weighted by Crippen LogP contribution is 2.29. The minimum absolute atomic E-state index is 0.441. The maximum atomic E-state index is 8.26. The summed E-state index contributed by atoms with van der Waals surface area (Å²) in [5, 5.41) is 11.7. The lowest BCUT2D eigenvalue weighted by Gasteiger charge is -2.15. The summed E-state index contributed by atoms with van der Waals surface area (Å²) in [6.07, 6.45) is 8.87. The Kier molecular flexibility index (Phi) is 6.44. The lowest BCUT2D eigenvalue weighted by Crippen LogP contribution is -2.10. The van der Waals surface area contributed by atoms with Crippen molar-refractivity contribution < 1.29 is 4.74 Å². The smallest absolute Gasteiger partial charge is 0.142 e. The summed E-state index contributed by atoms with van der Waals surface area (Å²) in [4.78, 5) is 4.41. The van der Waals surface area contributed by atoms with E-state index in [2.05, 4.69) is 17.2 Å². The first-order valence-corrected chi connectivity index (χ1v) is 8.29. The summed E-state index contributed by atoms with van der Waals surface area (Å²) >= 11 is 0. The molecular weight excluding hydrogens is 274 g/mol. The molecule has 1 aromatic rings. The van der Waals surface area contributed by atoms with E-state index >= 15 is 0 Å². The molecule has 120 valence electrons. The van der Waals surface area contributed by atoms with Gasteiger partial charge in [-0.05, 0) is 25.3 Å². The zero-order chi connectivity index (χ0) is 15.8. The summed E-state index contributed by atoms with van der Waals surface area (Å²) in [5.41, 5.74) is 2.22. The van der Waals surface area contributed by atoms with Crippen molar-refractivity contribution in [1.82, 2.24) is 0 Å². The molecule has 0 atom stereocenters. The van der Waals surface area contributed by atoms with Gasteiger partial charge in [0, 0.05) is 18.3 Å². The number of aliphatic imine (C=N–C) groups is 1. The second kappa shape index (κ2) is 8.57. The summed E-state index contributed by atoms with van der Waals surface area (Å²) < 4.78 is 5.45. The number of nitrogens with zero attached hydrogens (tertiary/aromatic N) is 1. The molecule has 0 radical (unpaired) electrons. The number of benzene rings is 1. The second-order valence-corrected chi connectivity index (χ2v) is 5.79. The molecule has 0 saturated heterocycles. The Labute approximate surface area is 133 Å². The fraction of sp³-hybridized carbons (Fsp3) is 0.556. The molecule has 1 aromatic carbocycles. The Morgan fingerprint density at radius 3 is 2.86 bits per heavy atom. The number of ether oxygens (including phenoxy) is 1. The van der Waals surface area contributed by atoms with Crippen molar-refractivity contribution >= 4 is 17.6 Å². The number of nitrogens with one attached hydrogen (secondary N) is 2. The van der Waals surface area contributed by atoms with Gasteiger partial charge in [-0.15, -0.1) is 0 Å². The summed E-state index contributed by atoms with van der Waals surface area (Å²) in [5.74, 6) is 0.789. The third-order valence-electron chi connectivity index (χ3n) is 3.83. The zero-order valence-corrected chi connectivity index (χ0v) is 13.7. The van der Waals surface area contributed by atoms with Crippen molar-refractivity contribution in [3.8, 4) is 5.75 Å². The molecule has 4 heteroatoms. The van der Waals surface area contributed by atoms with Crippen LogP contribution in [-0.2, 0) is 0 Å². The minimum atomic E-state index is 0.441. The van der Waals surface area contributed by atoms with Crippen LogP contribution in [-0.4, -0.2) is 31.6 Å². The molecule has 22 heavy (non-hydrogen) atoms. The fourth-order valence-electron chi connectivity index (χ4n) is 2.35. The standard InChI is InChI=1S/C18H27N3O/c1-3-4-5-6-12-20-18-15(8-7-9-17(18)22-2)16(19)13-21-14-10-11-14/h7-9,13-14,19-20H,3-6,10-12H2,1-2H3. The monoisotopic (exact) mass is 301 g/mol. The van der Waals surface area contributed by atoms with Gasteiger partial charge in [0.05, 0.1) is 24.6 Å². The van der Waals surface area contributed by atoms with Crippen LogP contribution in [0.15, 0.2) is 23.2 Å². The van der Waals surface area contributed by atoms with Gasteiger partial charge in [-0.3, -0.25) is 10.4 Å². The van der Waals surface area contributed by atoms with E-state index in [-0.39, 0.29) is 0 Å². The van der Waals surface area contributed by atoms with Crippen LogP contribution in [0.1, 0.15) is 51.0 Å². The van der Waals surface area contributed by atoms with Crippen molar-refractivity contribution in [2.45, 2.75) is 51.5 Å². The molecule has 0 aliphatic heterocycles. The second-order valence-electron chi connectivity index (χ2n) is 5.79. The van der Waals surface area contributed by atoms with Gasteiger partial charge < -0.3 is 10.1 Å². The van der Waals surface area contributed by atoms with Gasteiger partial charge >= 0.3 is 0 Å². The van der Waals surface area contributed by atoms with Gasteiger partial charge in [0.25, 0.3) is 0 Å². The summed E-state index contributed by atoms with van der Waals surface area (Å²) in [7, 11) is 1.67. The molecule has 1 aliphatic rings. The highest BCUT2D eigenvalue weighted by molar-refractivity contribution is 6.38. The number of methoxy groups -OCH3 is 1. The zero-order valence-electron chi connectivity index (χ0n) is 13.7. The van der Waals surface area contributed by atoms with Crippen LogP contribution in [0.25, 0.3) is 0 Å². The molecule has 0 spiro atoms. The first-order chi connectivity index (χ1) is 10.8. The fourth-order valence-corrected chi connectivity index (χ4v) is 2.35. The van der Waals surface area contributed by atoms with Crippen molar-refractivity contribution in [3.05, 3.63) is 23.8 Å². The molecule has 1 saturated carbocycles. The maximum absolute atomic E-state index is 8.26. The Morgan fingerprint density at radius 2 is 2.18 bits per heavy atom. The van der Waals surface area contributed by atoms with Crippen LogP contribution in [0.4, 0.5) is 5.69 Å². The number of anilines is 1. The van der Waals surface area contributed by atoms with Gasteiger partial charge in [-0.2, -0.15) is 0 Å². The average molecular weight is 301 g/mol. The summed E-state index contributed by atoms with van der Waals surface area (Å²) in [6, 6.07) is 6.26. The van der Waals surface area contributed by atoms with Crippen LogP contribution < -0.4 is 10.1 Å². The third kappa shape index (κ3) is 4.86. The van der Waals surface area contributed by atoms with Crippen LogP contribution in [0, 0.1) is 5.41 Å². The van der Waals surface area contributed by atoms with Gasteiger partial charge in [-0.1, -0.05) is 38.3 Å². The quantitative estimate of drug-likeness (QED) is 0.500. The number of hydrogen-bond acceptors (Lipinski definition) is 4. The lowest BCUT2D eigenvalue weighted by molar-refractivity contribution is 0.416. The number of unbranched alkanes of at least 4 members (excludes halogenated alkanes) is 3. The van der Waals surface area contributed by atoms with Crippen LogP contribution in [0.5, 0.6) is 5.75 Å². The Hall–Kier alpha value is -1.84. The summed E-state index contributed by atoms with van der Waals surface area (Å²) in [6.45, 7) is 3.12. The predicted octanol–water partition coefficient (Wildman–Crippen LogP) is 4.29. The maximum Gasteiger partial charge on any atom is 0.142 e. The van der Waals surface area contributed by atoms with Crippen LogP contribution in [0.2, 0.25) is 0 Å². The van der Waals surface area contributed by atoms with Gasteiger partial charge in [0.15, 0.2) is 0 Å². The normalized spacial score (nSPS) is 14.3. The first kappa shape index (κ1) is 16.5. The molecular formula is C18H27N3O. The minimum Gasteiger partial charge on any atom is -0.495 e.